The van der Waals surface area contributed by atoms with E-state index in [0.29, 0.717) is 5.92 Å². The molecule has 1 aromatic heterocycles. The average molecular weight is 283 g/mol. The zero-order valence-electron chi connectivity index (χ0n) is 11.8. The smallest absolute Gasteiger partial charge is 0.229 e. The zero-order valence-corrected chi connectivity index (χ0v) is 12.6. The molecule has 1 aliphatic rings. The summed E-state index contributed by atoms with van der Waals surface area (Å²) in [7, 11) is 0. The van der Waals surface area contributed by atoms with E-state index >= 15 is 0 Å². The zero-order chi connectivity index (χ0) is 13.5. The van der Waals surface area contributed by atoms with E-state index in [-0.39, 0.29) is 0 Å². The third-order valence-electron chi connectivity index (χ3n) is 3.75. The molecule has 1 unspecified atom stereocenters. The highest BCUT2D eigenvalue weighted by Crippen LogP contribution is 2.30. The average Bonchev–Trinajstić information content (AvgIpc) is 2.92. The van der Waals surface area contributed by atoms with E-state index in [1.807, 2.05) is 11.8 Å². The third kappa shape index (κ3) is 4.80. The first-order valence-corrected chi connectivity index (χ1v) is 8.48. The topological polar surface area (TPSA) is 64.9 Å². The molecule has 0 radical (unpaired) electrons. The van der Waals surface area contributed by atoms with Crippen LogP contribution in [0.5, 0.6) is 0 Å². The van der Waals surface area contributed by atoms with Crippen LogP contribution in [0.3, 0.4) is 0 Å². The van der Waals surface area contributed by atoms with Crippen molar-refractivity contribution in [3.8, 4) is 0 Å². The lowest BCUT2D eigenvalue weighted by atomic mass is 10.0. The van der Waals surface area contributed by atoms with Crippen molar-refractivity contribution in [3.63, 3.8) is 0 Å². The van der Waals surface area contributed by atoms with Crippen molar-refractivity contribution in [1.82, 2.24) is 10.1 Å². The summed E-state index contributed by atoms with van der Waals surface area (Å²) in [5.74, 6) is 2.83. The first kappa shape index (κ1) is 14.9. The lowest BCUT2D eigenvalue weighted by Gasteiger charge is -2.19. The molecule has 2 rings (SSSR count). The summed E-state index contributed by atoms with van der Waals surface area (Å²) in [6.07, 6.45) is 8.90. The molecule has 0 aliphatic heterocycles. The third-order valence-corrected chi connectivity index (χ3v) is 5.11. The predicted octanol–water partition coefficient (Wildman–Crippen LogP) is 3.48. The monoisotopic (exact) mass is 283 g/mol. The quantitative estimate of drug-likeness (QED) is 0.830. The highest BCUT2D eigenvalue weighted by atomic mass is 32.2. The van der Waals surface area contributed by atoms with Crippen LogP contribution in [0, 0.1) is 0 Å². The second-order valence-electron chi connectivity index (χ2n) is 5.45. The molecule has 0 spiro atoms. The van der Waals surface area contributed by atoms with Gasteiger partial charge in [0.05, 0.1) is 5.75 Å². The van der Waals surface area contributed by atoms with Crippen molar-refractivity contribution in [3.05, 3.63) is 11.7 Å². The molecule has 0 bridgehead atoms. The molecule has 0 saturated heterocycles. The van der Waals surface area contributed by atoms with Crippen molar-refractivity contribution >= 4 is 11.8 Å². The fourth-order valence-corrected chi connectivity index (χ4v) is 3.67. The van der Waals surface area contributed by atoms with Crippen molar-refractivity contribution in [1.29, 1.82) is 0 Å². The number of nitrogens with zero attached hydrogens (tertiary/aromatic N) is 2. The molecule has 108 valence electrons. The Labute approximate surface area is 119 Å². The van der Waals surface area contributed by atoms with Crippen molar-refractivity contribution in [2.75, 3.05) is 6.54 Å². The van der Waals surface area contributed by atoms with Crippen LogP contribution in [-0.2, 0) is 5.75 Å². The van der Waals surface area contributed by atoms with Gasteiger partial charge in [-0.15, -0.1) is 0 Å². The van der Waals surface area contributed by atoms with Gasteiger partial charge < -0.3 is 10.3 Å². The van der Waals surface area contributed by atoms with Gasteiger partial charge in [-0.2, -0.15) is 16.7 Å². The van der Waals surface area contributed by atoms with E-state index in [2.05, 4.69) is 17.1 Å². The van der Waals surface area contributed by atoms with E-state index in [9.17, 15) is 0 Å². The number of nitrogens with two attached hydrogens (primary N) is 1. The van der Waals surface area contributed by atoms with Crippen LogP contribution < -0.4 is 5.73 Å². The molecule has 0 amide bonds. The van der Waals surface area contributed by atoms with Crippen LogP contribution in [0.4, 0.5) is 0 Å². The van der Waals surface area contributed by atoms with E-state index in [1.165, 1.54) is 32.1 Å². The predicted molar refractivity (Wildman–Crippen MR) is 79.2 cm³/mol. The maximum absolute atomic E-state index is 5.52. The minimum absolute atomic E-state index is 0.324. The van der Waals surface area contributed by atoms with Crippen LogP contribution in [0.2, 0.25) is 0 Å². The molecule has 4 nitrogen and oxygen atoms in total. The van der Waals surface area contributed by atoms with Crippen molar-refractivity contribution in [2.24, 2.45) is 5.73 Å². The van der Waals surface area contributed by atoms with Crippen LogP contribution in [0.1, 0.15) is 69.5 Å². The van der Waals surface area contributed by atoms with Crippen LogP contribution in [-0.4, -0.2) is 21.9 Å². The highest BCUT2D eigenvalue weighted by Gasteiger charge is 2.17. The number of aromatic nitrogens is 2. The summed E-state index contributed by atoms with van der Waals surface area (Å²) in [6.45, 7) is 2.85. The molecular weight excluding hydrogens is 258 g/mol. The van der Waals surface area contributed by atoms with Gasteiger partial charge in [0.2, 0.25) is 5.89 Å². The van der Waals surface area contributed by atoms with Gasteiger partial charge in [0, 0.05) is 11.2 Å². The second kappa shape index (κ2) is 7.90. The molecule has 1 aromatic rings. The Hall–Kier alpha value is -0.550. The van der Waals surface area contributed by atoms with E-state index in [0.717, 1.165) is 42.1 Å². The number of hydrogen-bond donors (Lipinski definition) is 1. The van der Waals surface area contributed by atoms with E-state index < -0.39 is 0 Å². The van der Waals surface area contributed by atoms with E-state index in [1.54, 1.807) is 0 Å². The first-order valence-electron chi connectivity index (χ1n) is 7.43. The van der Waals surface area contributed by atoms with Gasteiger partial charge in [-0.25, -0.2) is 0 Å². The Morgan fingerprint density at radius 3 is 2.89 bits per heavy atom. The Morgan fingerprint density at radius 1 is 1.37 bits per heavy atom. The molecule has 1 heterocycles. The first-order chi connectivity index (χ1) is 9.29. The Bertz CT molecular complexity index is 363. The van der Waals surface area contributed by atoms with Crippen molar-refractivity contribution in [2.45, 2.75) is 68.8 Å². The molecule has 19 heavy (non-hydrogen) atoms. The van der Waals surface area contributed by atoms with Crippen molar-refractivity contribution < 1.29 is 4.52 Å². The Balaban J connectivity index is 1.76. The molecule has 1 saturated carbocycles. The maximum atomic E-state index is 5.52. The van der Waals surface area contributed by atoms with Crippen LogP contribution in [0.25, 0.3) is 0 Å². The van der Waals surface area contributed by atoms with Gasteiger partial charge in [-0.1, -0.05) is 31.3 Å². The number of rotatable bonds is 7. The van der Waals surface area contributed by atoms with Gasteiger partial charge in [0.1, 0.15) is 0 Å². The van der Waals surface area contributed by atoms with Crippen LogP contribution in [0.15, 0.2) is 4.52 Å². The lowest BCUT2D eigenvalue weighted by Crippen LogP contribution is -2.08. The molecule has 1 aliphatic carbocycles. The molecule has 1 fully saturated rings. The molecular formula is C14H25N3OS. The lowest BCUT2D eigenvalue weighted by molar-refractivity contribution is 0.349. The fraction of sp³-hybridized carbons (Fsp3) is 0.857. The van der Waals surface area contributed by atoms with Gasteiger partial charge in [0.15, 0.2) is 5.82 Å². The number of hydrogen-bond acceptors (Lipinski definition) is 5. The molecule has 5 heteroatoms. The molecule has 1 atom stereocenters. The van der Waals surface area contributed by atoms with Gasteiger partial charge in [0.25, 0.3) is 0 Å². The Morgan fingerprint density at radius 2 is 2.16 bits per heavy atom. The maximum Gasteiger partial charge on any atom is 0.229 e. The summed E-state index contributed by atoms with van der Waals surface area (Å²) in [5.41, 5.74) is 5.52. The molecule has 2 N–H and O–H groups in total. The SMILES string of the molecule is CC(CCCN)c1nc(CSC2CCCCC2)no1. The minimum Gasteiger partial charge on any atom is -0.339 e. The summed E-state index contributed by atoms with van der Waals surface area (Å²) in [6, 6.07) is 0. The van der Waals surface area contributed by atoms with Gasteiger partial charge in [-0.05, 0) is 32.2 Å². The summed E-state index contributed by atoms with van der Waals surface area (Å²) >= 11 is 1.99. The standard InChI is InChI=1S/C14H25N3OS/c1-11(6-5-9-15)14-16-13(17-18-14)10-19-12-7-3-2-4-8-12/h11-12H,2-10,15H2,1H3. The molecule has 0 aromatic carbocycles. The fourth-order valence-electron chi connectivity index (χ4n) is 2.50. The Kier molecular flexibility index (Phi) is 6.17. The summed E-state index contributed by atoms with van der Waals surface area (Å²) < 4.78 is 5.35. The summed E-state index contributed by atoms with van der Waals surface area (Å²) in [5, 5.41) is 4.89. The largest absolute Gasteiger partial charge is 0.339 e. The van der Waals surface area contributed by atoms with Gasteiger partial charge in [-0.3, -0.25) is 0 Å². The van der Waals surface area contributed by atoms with E-state index in [4.69, 9.17) is 10.3 Å². The van der Waals surface area contributed by atoms with Gasteiger partial charge >= 0.3 is 0 Å². The normalized spacial score (nSPS) is 18.6. The van der Waals surface area contributed by atoms with Crippen LogP contribution >= 0.6 is 11.8 Å². The minimum atomic E-state index is 0.324. The highest BCUT2D eigenvalue weighted by molar-refractivity contribution is 7.99. The summed E-state index contributed by atoms with van der Waals surface area (Å²) in [4.78, 5) is 4.51. The second-order valence-corrected chi connectivity index (χ2v) is 6.74. The number of thioether (sulfide) groups is 1.